The highest BCUT2D eigenvalue weighted by atomic mass is 32.2. The first-order valence-electron chi connectivity index (χ1n) is 10.9. The van der Waals surface area contributed by atoms with E-state index in [9.17, 15) is 19.7 Å². The van der Waals surface area contributed by atoms with E-state index in [-0.39, 0.29) is 17.1 Å². The molecule has 0 bridgehead atoms. The summed E-state index contributed by atoms with van der Waals surface area (Å²) in [6.07, 6.45) is 13.5. The van der Waals surface area contributed by atoms with E-state index in [1.165, 1.54) is 18.2 Å². The summed E-state index contributed by atoms with van der Waals surface area (Å²) in [4.78, 5) is 32.9. The van der Waals surface area contributed by atoms with Gasteiger partial charge in [0.05, 0.1) is 5.25 Å². The number of unbranched alkanes of at least 4 members (excludes halogenated alkanes) is 8. The Morgan fingerprint density at radius 3 is 2.30 bits per heavy atom. The molecule has 0 aliphatic rings. The van der Waals surface area contributed by atoms with Crippen molar-refractivity contribution in [3.8, 4) is 0 Å². The van der Waals surface area contributed by atoms with E-state index in [2.05, 4.69) is 6.92 Å². The average molecular weight is 447 g/mol. The van der Waals surface area contributed by atoms with Gasteiger partial charge in [-0.05, 0) is 25.7 Å². The van der Waals surface area contributed by atoms with Crippen LogP contribution in [0.3, 0.4) is 0 Å². The van der Waals surface area contributed by atoms with E-state index < -0.39 is 29.3 Å². The Morgan fingerprint density at radius 1 is 1.07 bits per heavy atom. The number of hydrogen-bond donors (Lipinski definition) is 3. The van der Waals surface area contributed by atoms with E-state index in [1.807, 2.05) is 12.2 Å². The summed E-state index contributed by atoms with van der Waals surface area (Å²) in [5.74, 6) is -1.78. The monoisotopic (exact) mass is 446 g/mol. The minimum atomic E-state index is -1.11. The van der Waals surface area contributed by atoms with E-state index in [1.54, 1.807) is 0 Å². The Kier molecular flexibility index (Phi) is 17.2. The van der Waals surface area contributed by atoms with Gasteiger partial charge in [-0.3, -0.25) is 19.7 Å². The van der Waals surface area contributed by atoms with Gasteiger partial charge in [0, 0.05) is 23.5 Å². The van der Waals surface area contributed by atoms with Crippen molar-refractivity contribution in [3.05, 3.63) is 22.3 Å². The number of allylic oxidation sites excluding steroid dienone is 1. The van der Waals surface area contributed by atoms with Crippen LogP contribution in [-0.4, -0.2) is 50.2 Å². The molecule has 0 radical (unpaired) electrons. The lowest BCUT2D eigenvalue weighted by Gasteiger charge is -2.19. The summed E-state index contributed by atoms with van der Waals surface area (Å²) in [7, 11) is 0. The number of thioether (sulfide) groups is 1. The molecule has 0 aliphatic heterocycles. The SMILES string of the molecule is CCCCCC/C=C/C(SC[C@H](N)C(=O)O)C(CCCCCCCC(=O)O)[N+](=O)[O-]. The average Bonchev–Trinajstić information content (AvgIpc) is 2.68. The number of nitrogens with two attached hydrogens (primary N) is 1. The molecule has 0 rings (SSSR count). The number of nitrogens with zero attached hydrogens (tertiary/aromatic N) is 1. The van der Waals surface area contributed by atoms with Gasteiger partial charge in [-0.1, -0.05) is 57.6 Å². The van der Waals surface area contributed by atoms with Crippen LogP contribution in [0.25, 0.3) is 0 Å². The summed E-state index contributed by atoms with van der Waals surface area (Å²) in [5.41, 5.74) is 5.58. The first kappa shape index (κ1) is 28.4. The number of carboxylic acid groups (broad SMARTS) is 2. The molecule has 0 aromatic carbocycles. The Bertz CT molecular complexity index is 530. The Labute approximate surface area is 183 Å². The second kappa shape index (κ2) is 18.2. The maximum Gasteiger partial charge on any atom is 0.321 e. The predicted octanol–water partition coefficient (Wildman–Crippen LogP) is 4.49. The molecule has 0 aromatic heterocycles. The van der Waals surface area contributed by atoms with Gasteiger partial charge < -0.3 is 15.9 Å². The van der Waals surface area contributed by atoms with Gasteiger partial charge in [0.2, 0.25) is 6.04 Å². The number of carbonyl (C=O) groups is 2. The first-order chi connectivity index (χ1) is 14.3. The molecule has 0 fully saturated rings. The highest BCUT2D eigenvalue weighted by molar-refractivity contribution is 8.00. The Hall–Kier alpha value is -1.61. The predicted molar refractivity (Wildman–Crippen MR) is 120 cm³/mol. The van der Waals surface area contributed by atoms with Gasteiger partial charge in [-0.25, -0.2) is 0 Å². The summed E-state index contributed by atoms with van der Waals surface area (Å²) in [6.45, 7) is 2.14. The standard InChI is InChI=1S/C21H38N2O6S/c1-2-3-4-5-8-11-14-19(30-16-17(22)21(26)27)18(23(28)29)13-10-7-6-9-12-15-20(24)25/h11,14,17-19H,2-10,12-13,15-16,22H2,1H3,(H,24,25)(H,26,27)/b14-11+/t17-,18?,19?/m0/s1. The molecule has 0 amide bonds. The molecule has 0 saturated heterocycles. The van der Waals surface area contributed by atoms with Crippen molar-refractivity contribution in [1.29, 1.82) is 0 Å². The zero-order chi connectivity index (χ0) is 22.8. The third-order valence-electron chi connectivity index (χ3n) is 4.88. The maximum atomic E-state index is 11.7. The molecule has 0 spiro atoms. The fraction of sp³-hybridized carbons (Fsp3) is 0.810. The van der Waals surface area contributed by atoms with Crippen LogP contribution in [0.1, 0.15) is 84.0 Å². The minimum absolute atomic E-state index is 0.125. The fourth-order valence-electron chi connectivity index (χ4n) is 3.05. The Balaban J connectivity index is 4.69. The Morgan fingerprint density at radius 2 is 1.70 bits per heavy atom. The highest BCUT2D eigenvalue weighted by Gasteiger charge is 2.30. The van der Waals surface area contributed by atoms with Crippen molar-refractivity contribution < 1.29 is 24.7 Å². The molecular weight excluding hydrogens is 408 g/mol. The molecule has 30 heavy (non-hydrogen) atoms. The molecule has 8 nitrogen and oxygen atoms in total. The van der Waals surface area contributed by atoms with Crippen LogP contribution in [0.15, 0.2) is 12.2 Å². The third kappa shape index (κ3) is 15.3. The topological polar surface area (TPSA) is 144 Å². The molecule has 3 atom stereocenters. The van der Waals surface area contributed by atoms with E-state index >= 15 is 0 Å². The minimum Gasteiger partial charge on any atom is -0.481 e. The van der Waals surface area contributed by atoms with Gasteiger partial charge >= 0.3 is 11.9 Å². The van der Waals surface area contributed by atoms with Crippen molar-refractivity contribution in [2.45, 2.75) is 101 Å². The van der Waals surface area contributed by atoms with Crippen molar-refractivity contribution in [2.24, 2.45) is 5.73 Å². The molecule has 4 N–H and O–H groups in total. The second-order valence-electron chi connectivity index (χ2n) is 7.57. The summed E-state index contributed by atoms with van der Waals surface area (Å²) < 4.78 is 0. The number of carboxylic acids is 2. The van der Waals surface area contributed by atoms with Crippen LogP contribution in [0.5, 0.6) is 0 Å². The van der Waals surface area contributed by atoms with E-state index in [0.717, 1.165) is 44.9 Å². The highest BCUT2D eigenvalue weighted by Crippen LogP contribution is 2.24. The number of nitro groups is 1. The molecule has 0 heterocycles. The zero-order valence-electron chi connectivity index (χ0n) is 18.0. The van der Waals surface area contributed by atoms with Crippen LogP contribution in [0.4, 0.5) is 0 Å². The van der Waals surface area contributed by atoms with Gasteiger partial charge in [-0.2, -0.15) is 0 Å². The number of hydrogen-bond acceptors (Lipinski definition) is 6. The summed E-state index contributed by atoms with van der Waals surface area (Å²) >= 11 is 1.24. The molecule has 0 aliphatic carbocycles. The molecule has 2 unspecified atom stereocenters. The van der Waals surface area contributed by atoms with Gasteiger partial charge in [0.25, 0.3) is 0 Å². The first-order valence-corrected chi connectivity index (χ1v) is 12.0. The largest absolute Gasteiger partial charge is 0.481 e. The van der Waals surface area contributed by atoms with Gasteiger partial charge in [-0.15, -0.1) is 11.8 Å². The second-order valence-corrected chi connectivity index (χ2v) is 8.78. The van der Waals surface area contributed by atoms with Crippen LogP contribution >= 0.6 is 11.8 Å². The van der Waals surface area contributed by atoms with Gasteiger partial charge in [0.1, 0.15) is 6.04 Å². The molecule has 0 aromatic rings. The normalized spacial score (nSPS) is 14.5. The van der Waals surface area contributed by atoms with Crippen LogP contribution in [0, 0.1) is 10.1 Å². The van der Waals surface area contributed by atoms with Crippen LogP contribution in [-0.2, 0) is 9.59 Å². The quantitative estimate of drug-likeness (QED) is 0.107. The molecule has 9 heteroatoms. The number of aliphatic carboxylic acids is 2. The maximum absolute atomic E-state index is 11.7. The van der Waals surface area contributed by atoms with Gasteiger partial charge in [0.15, 0.2) is 0 Å². The van der Waals surface area contributed by atoms with Crippen LogP contribution < -0.4 is 5.73 Å². The number of rotatable bonds is 20. The summed E-state index contributed by atoms with van der Waals surface area (Å²) in [5, 5.41) is 28.9. The lowest BCUT2D eigenvalue weighted by atomic mass is 10.0. The lowest BCUT2D eigenvalue weighted by Crippen LogP contribution is -2.36. The zero-order valence-corrected chi connectivity index (χ0v) is 18.9. The summed E-state index contributed by atoms with van der Waals surface area (Å²) in [6, 6.07) is -1.83. The van der Waals surface area contributed by atoms with E-state index in [0.29, 0.717) is 19.3 Å². The van der Waals surface area contributed by atoms with Crippen molar-refractivity contribution in [3.63, 3.8) is 0 Å². The smallest absolute Gasteiger partial charge is 0.321 e. The van der Waals surface area contributed by atoms with Crippen molar-refractivity contribution in [1.82, 2.24) is 0 Å². The van der Waals surface area contributed by atoms with E-state index in [4.69, 9.17) is 15.9 Å². The van der Waals surface area contributed by atoms with Crippen molar-refractivity contribution in [2.75, 3.05) is 5.75 Å². The molecular formula is C21H38N2O6S. The van der Waals surface area contributed by atoms with Crippen LogP contribution in [0.2, 0.25) is 0 Å². The lowest BCUT2D eigenvalue weighted by molar-refractivity contribution is -0.521. The molecule has 0 saturated carbocycles. The third-order valence-corrected chi connectivity index (χ3v) is 6.28. The van der Waals surface area contributed by atoms with Crippen molar-refractivity contribution >= 4 is 23.7 Å². The molecule has 174 valence electrons. The fourth-order valence-corrected chi connectivity index (χ4v) is 4.30.